The zero-order valence-corrected chi connectivity index (χ0v) is 12.7. The normalized spacial score (nSPS) is 20.5. The fraction of sp³-hybridized carbons (Fsp3) is 0.188. The molecule has 2 aromatic carbocycles. The third-order valence-electron chi connectivity index (χ3n) is 3.68. The Morgan fingerprint density at radius 3 is 2.57 bits per heavy atom. The van der Waals surface area contributed by atoms with E-state index in [9.17, 15) is 13.6 Å². The maximum atomic E-state index is 13.7. The van der Waals surface area contributed by atoms with Gasteiger partial charge < -0.3 is 5.32 Å². The van der Waals surface area contributed by atoms with Gasteiger partial charge in [-0.25, -0.2) is 19.6 Å². The minimum atomic E-state index is -0.591. The van der Waals surface area contributed by atoms with Gasteiger partial charge in [-0.2, -0.15) is 0 Å². The highest BCUT2D eigenvalue weighted by atomic mass is 35.5. The van der Waals surface area contributed by atoms with Crippen molar-refractivity contribution >= 4 is 23.2 Å². The van der Waals surface area contributed by atoms with Crippen molar-refractivity contribution in [1.29, 1.82) is 0 Å². The van der Waals surface area contributed by atoms with Gasteiger partial charge in [-0.1, -0.05) is 23.7 Å². The van der Waals surface area contributed by atoms with E-state index >= 15 is 0 Å². The second-order valence-electron chi connectivity index (χ2n) is 5.29. The van der Waals surface area contributed by atoms with Crippen molar-refractivity contribution in [1.82, 2.24) is 10.9 Å². The van der Waals surface area contributed by atoms with Gasteiger partial charge in [0.2, 0.25) is 5.91 Å². The third kappa shape index (κ3) is 3.67. The van der Waals surface area contributed by atoms with E-state index in [1.807, 2.05) is 0 Å². The zero-order chi connectivity index (χ0) is 16.4. The van der Waals surface area contributed by atoms with Crippen molar-refractivity contribution < 1.29 is 13.6 Å². The molecule has 3 N–H and O–H groups in total. The van der Waals surface area contributed by atoms with Crippen LogP contribution in [0, 0.1) is 11.6 Å². The molecule has 0 spiro atoms. The predicted octanol–water partition coefficient (Wildman–Crippen LogP) is 3.16. The molecule has 0 aromatic heterocycles. The number of hydrogen-bond donors (Lipinski definition) is 3. The van der Waals surface area contributed by atoms with Crippen molar-refractivity contribution in [2.24, 2.45) is 0 Å². The van der Waals surface area contributed by atoms with Crippen molar-refractivity contribution in [3.8, 4) is 0 Å². The Hall–Kier alpha value is -2.02. The number of hydrogen-bond acceptors (Lipinski definition) is 3. The monoisotopic (exact) mass is 337 g/mol. The van der Waals surface area contributed by atoms with Crippen LogP contribution in [0.5, 0.6) is 0 Å². The summed E-state index contributed by atoms with van der Waals surface area (Å²) < 4.78 is 26.6. The first-order chi connectivity index (χ1) is 11.0. The molecule has 2 aromatic rings. The number of amides is 1. The molecule has 1 heterocycles. The van der Waals surface area contributed by atoms with Gasteiger partial charge in [-0.15, -0.1) is 0 Å². The van der Waals surface area contributed by atoms with E-state index < -0.39 is 11.9 Å². The van der Waals surface area contributed by atoms with Crippen LogP contribution in [0.4, 0.5) is 14.5 Å². The van der Waals surface area contributed by atoms with Crippen LogP contribution in [0.1, 0.15) is 18.0 Å². The molecule has 1 aliphatic rings. The molecular formula is C16H14ClF2N3O. The van der Waals surface area contributed by atoms with E-state index in [0.29, 0.717) is 6.42 Å². The highest BCUT2D eigenvalue weighted by molar-refractivity contribution is 6.30. The number of hydrazine groups is 1. The summed E-state index contributed by atoms with van der Waals surface area (Å²) in [5.74, 6) is -1.26. The summed E-state index contributed by atoms with van der Waals surface area (Å²) >= 11 is 5.68. The van der Waals surface area contributed by atoms with Crippen LogP contribution in [0.15, 0.2) is 42.5 Å². The lowest BCUT2D eigenvalue weighted by molar-refractivity contribution is -0.117. The quantitative estimate of drug-likeness (QED) is 0.806. The number of benzene rings is 2. The Balaban J connectivity index is 1.64. The van der Waals surface area contributed by atoms with Gasteiger partial charge in [-0.05, 0) is 42.3 Å². The van der Waals surface area contributed by atoms with Gasteiger partial charge in [0.1, 0.15) is 17.7 Å². The van der Waals surface area contributed by atoms with Crippen molar-refractivity contribution in [2.45, 2.75) is 18.5 Å². The second-order valence-corrected chi connectivity index (χ2v) is 5.73. The van der Waals surface area contributed by atoms with E-state index in [0.717, 1.165) is 11.6 Å². The molecule has 0 bridgehead atoms. The maximum absolute atomic E-state index is 13.7. The van der Waals surface area contributed by atoms with Crippen LogP contribution in [-0.4, -0.2) is 11.9 Å². The Bertz CT molecular complexity index is 724. The van der Waals surface area contributed by atoms with Gasteiger partial charge in [0.25, 0.3) is 0 Å². The number of rotatable bonds is 3. The lowest BCUT2D eigenvalue weighted by Gasteiger charge is -2.11. The molecule has 1 amide bonds. The summed E-state index contributed by atoms with van der Waals surface area (Å²) in [4.78, 5) is 12.2. The van der Waals surface area contributed by atoms with Gasteiger partial charge in [0.05, 0.1) is 5.69 Å². The Morgan fingerprint density at radius 1 is 1.13 bits per heavy atom. The van der Waals surface area contributed by atoms with Crippen molar-refractivity contribution in [3.05, 3.63) is 64.7 Å². The smallest absolute Gasteiger partial charge is 0.243 e. The SMILES string of the molecule is O=C(Nc1ccc(Cl)cc1F)C1CC(c2ccc(F)cc2)NN1. The van der Waals surface area contributed by atoms with Gasteiger partial charge >= 0.3 is 0 Å². The fourth-order valence-electron chi connectivity index (χ4n) is 2.45. The van der Waals surface area contributed by atoms with Crippen molar-refractivity contribution in [3.63, 3.8) is 0 Å². The Labute approximate surface area is 136 Å². The molecule has 120 valence electrons. The first-order valence-electron chi connectivity index (χ1n) is 7.05. The largest absolute Gasteiger partial charge is 0.322 e. The first-order valence-corrected chi connectivity index (χ1v) is 7.43. The molecule has 3 rings (SSSR count). The highest BCUT2D eigenvalue weighted by Crippen LogP contribution is 2.24. The van der Waals surface area contributed by atoms with E-state index in [2.05, 4.69) is 16.2 Å². The van der Waals surface area contributed by atoms with Gasteiger partial charge in [-0.3, -0.25) is 4.79 Å². The Kier molecular flexibility index (Phi) is 4.56. The molecule has 0 saturated carbocycles. The minimum absolute atomic E-state index is 0.0754. The van der Waals surface area contributed by atoms with Crippen LogP contribution < -0.4 is 16.2 Å². The summed E-state index contributed by atoms with van der Waals surface area (Å²) in [7, 11) is 0. The van der Waals surface area contributed by atoms with Crippen LogP contribution in [0.25, 0.3) is 0 Å². The standard InChI is InChI=1S/C16H14ClF2N3O/c17-10-3-6-13(12(19)7-10)20-16(23)15-8-14(21-22-15)9-1-4-11(18)5-2-9/h1-7,14-15,21-22H,8H2,(H,20,23). The lowest BCUT2D eigenvalue weighted by atomic mass is 10.0. The molecular weight excluding hydrogens is 324 g/mol. The first kappa shape index (κ1) is 15.9. The van der Waals surface area contributed by atoms with Crippen LogP contribution >= 0.6 is 11.6 Å². The van der Waals surface area contributed by atoms with E-state index in [1.54, 1.807) is 12.1 Å². The van der Waals surface area contributed by atoms with Crippen LogP contribution in [0.3, 0.4) is 0 Å². The zero-order valence-electron chi connectivity index (χ0n) is 11.9. The van der Waals surface area contributed by atoms with E-state index in [4.69, 9.17) is 11.6 Å². The number of anilines is 1. The molecule has 2 atom stereocenters. The van der Waals surface area contributed by atoms with Crippen molar-refractivity contribution in [2.75, 3.05) is 5.32 Å². The number of carbonyl (C=O) groups excluding carboxylic acids is 1. The Morgan fingerprint density at radius 2 is 1.87 bits per heavy atom. The number of nitrogens with one attached hydrogen (secondary N) is 3. The number of halogens is 3. The summed E-state index contributed by atoms with van der Waals surface area (Å²) in [6.45, 7) is 0. The molecule has 7 heteroatoms. The van der Waals surface area contributed by atoms with Crippen LogP contribution in [0.2, 0.25) is 5.02 Å². The average molecular weight is 338 g/mol. The maximum Gasteiger partial charge on any atom is 0.243 e. The molecule has 1 saturated heterocycles. The second kappa shape index (κ2) is 6.62. The number of carbonyl (C=O) groups is 1. The molecule has 2 unspecified atom stereocenters. The van der Waals surface area contributed by atoms with E-state index in [-0.39, 0.29) is 28.5 Å². The summed E-state index contributed by atoms with van der Waals surface area (Å²) in [5.41, 5.74) is 6.79. The third-order valence-corrected chi connectivity index (χ3v) is 3.92. The summed E-state index contributed by atoms with van der Waals surface area (Å²) in [6.07, 6.45) is 0.465. The molecule has 1 fully saturated rings. The molecule has 0 radical (unpaired) electrons. The molecule has 0 aliphatic carbocycles. The van der Waals surface area contributed by atoms with Gasteiger partial charge in [0, 0.05) is 11.1 Å². The molecule has 23 heavy (non-hydrogen) atoms. The highest BCUT2D eigenvalue weighted by Gasteiger charge is 2.30. The molecule has 4 nitrogen and oxygen atoms in total. The van der Waals surface area contributed by atoms with Gasteiger partial charge in [0.15, 0.2) is 0 Å². The fourth-order valence-corrected chi connectivity index (χ4v) is 2.61. The average Bonchev–Trinajstić information content (AvgIpc) is 3.01. The minimum Gasteiger partial charge on any atom is -0.322 e. The topological polar surface area (TPSA) is 53.2 Å². The predicted molar refractivity (Wildman–Crippen MR) is 83.9 cm³/mol. The van der Waals surface area contributed by atoms with Crippen LogP contribution in [-0.2, 0) is 4.79 Å². The lowest BCUT2D eigenvalue weighted by Crippen LogP contribution is -2.39. The summed E-state index contributed by atoms with van der Waals surface area (Å²) in [6, 6.07) is 9.46. The van der Waals surface area contributed by atoms with E-state index in [1.165, 1.54) is 24.3 Å². The summed E-state index contributed by atoms with van der Waals surface area (Å²) in [5, 5.41) is 2.79. The molecule has 1 aliphatic heterocycles.